The number of carbonyl (C=O) groups excluding carboxylic acids is 2. The van der Waals surface area contributed by atoms with Gasteiger partial charge in [0.05, 0.1) is 10.6 Å². The summed E-state index contributed by atoms with van der Waals surface area (Å²) in [4.78, 5) is 25.7. The van der Waals surface area contributed by atoms with E-state index in [0.717, 1.165) is 48.2 Å². The molecule has 7 nitrogen and oxygen atoms in total. The molecule has 2 N–H and O–H groups in total. The van der Waals surface area contributed by atoms with Crippen molar-refractivity contribution in [2.24, 2.45) is 5.92 Å². The van der Waals surface area contributed by atoms with Gasteiger partial charge in [-0.2, -0.15) is 0 Å². The molecule has 138 valence electrons. The molecule has 1 atom stereocenters. The van der Waals surface area contributed by atoms with E-state index in [4.69, 9.17) is 4.42 Å². The minimum Gasteiger partial charge on any atom is -0.410 e. The molecule has 0 aliphatic heterocycles. The fourth-order valence-electron chi connectivity index (χ4n) is 2.92. The van der Waals surface area contributed by atoms with Gasteiger partial charge in [-0.1, -0.05) is 18.7 Å². The second-order valence-corrected chi connectivity index (χ2v) is 8.93. The first-order valence-electron chi connectivity index (χ1n) is 8.75. The normalized spacial score (nSPS) is 19.0. The van der Waals surface area contributed by atoms with Gasteiger partial charge in [-0.15, -0.1) is 21.5 Å². The van der Waals surface area contributed by atoms with E-state index in [1.807, 2.05) is 0 Å². The zero-order valence-electron chi connectivity index (χ0n) is 14.4. The van der Waals surface area contributed by atoms with Gasteiger partial charge < -0.3 is 9.73 Å². The molecule has 3 amide bonds. The van der Waals surface area contributed by atoms with Crippen molar-refractivity contribution in [3.63, 3.8) is 0 Å². The van der Waals surface area contributed by atoms with Crippen LogP contribution < -0.4 is 10.6 Å². The van der Waals surface area contributed by atoms with E-state index in [0.29, 0.717) is 11.1 Å². The zero-order valence-corrected chi connectivity index (χ0v) is 16.0. The smallest absolute Gasteiger partial charge is 0.321 e. The second kappa shape index (κ2) is 7.40. The Morgan fingerprint density at radius 1 is 1.35 bits per heavy atom. The number of thiophene rings is 1. The molecular formula is C17H20N4O3S2. The Kier molecular flexibility index (Phi) is 4.99. The molecule has 0 saturated heterocycles. The Bertz CT molecular complexity index is 828. The number of imide groups is 1. The van der Waals surface area contributed by atoms with Gasteiger partial charge in [0, 0.05) is 10.9 Å². The highest BCUT2D eigenvalue weighted by atomic mass is 32.2. The van der Waals surface area contributed by atoms with Gasteiger partial charge in [0.15, 0.2) is 0 Å². The van der Waals surface area contributed by atoms with Crippen molar-refractivity contribution < 1.29 is 14.0 Å². The van der Waals surface area contributed by atoms with Crippen molar-refractivity contribution in [2.75, 3.05) is 5.75 Å². The molecule has 0 bridgehead atoms. The number of nitrogens with one attached hydrogen (secondary N) is 2. The molecule has 4 rings (SSSR count). The fraction of sp³-hybridized carbons (Fsp3) is 0.529. The molecule has 0 unspecified atom stereocenters. The first-order valence-corrected chi connectivity index (χ1v) is 10.6. The van der Waals surface area contributed by atoms with E-state index >= 15 is 0 Å². The molecule has 0 radical (unpaired) electrons. The quantitative estimate of drug-likeness (QED) is 0.759. The molecule has 0 spiro atoms. The fourth-order valence-corrected chi connectivity index (χ4v) is 4.61. The number of thioether (sulfide) groups is 1. The van der Waals surface area contributed by atoms with Crippen LogP contribution in [0.1, 0.15) is 36.6 Å². The van der Waals surface area contributed by atoms with Crippen LogP contribution in [0.2, 0.25) is 0 Å². The van der Waals surface area contributed by atoms with Crippen LogP contribution in [-0.4, -0.2) is 33.9 Å². The first-order chi connectivity index (χ1) is 12.6. The van der Waals surface area contributed by atoms with Gasteiger partial charge in [0.25, 0.3) is 11.1 Å². The Balaban J connectivity index is 1.31. The Morgan fingerprint density at radius 2 is 2.19 bits per heavy atom. The first kappa shape index (κ1) is 17.5. The number of rotatable bonds is 5. The van der Waals surface area contributed by atoms with E-state index in [-0.39, 0.29) is 17.7 Å². The highest BCUT2D eigenvalue weighted by Gasteiger charge is 2.24. The zero-order chi connectivity index (χ0) is 18.1. The molecule has 2 aromatic rings. The van der Waals surface area contributed by atoms with Crippen molar-refractivity contribution in [3.8, 4) is 10.8 Å². The lowest BCUT2D eigenvalue weighted by Crippen LogP contribution is -2.41. The third-order valence-corrected chi connectivity index (χ3v) is 6.48. The molecule has 2 aliphatic rings. The Morgan fingerprint density at radius 3 is 3.00 bits per heavy atom. The number of amides is 3. The Hall–Kier alpha value is -1.87. The van der Waals surface area contributed by atoms with Crippen molar-refractivity contribution in [3.05, 3.63) is 16.5 Å². The summed E-state index contributed by atoms with van der Waals surface area (Å²) in [5, 5.41) is 13.4. The number of hydrogen-bond donors (Lipinski definition) is 2. The van der Waals surface area contributed by atoms with Crippen LogP contribution in [0, 0.1) is 5.92 Å². The predicted octanol–water partition coefficient (Wildman–Crippen LogP) is 3.00. The molecule has 2 aliphatic carbocycles. The minimum atomic E-state index is -0.442. The number of carbonyl (C=O) groups is 2. The molecule has 26 heavy (non-hydrogen) atoms. The summed E-state index contributed by atoms with van der Waals surface area (Å²) in [6.07, 6.45) is 5.39. The molecule has 0 aromatic carbocycles. The SMILES string of the molecule is C[C@@H]1CCc2sc(-c3nnc(SCC(=O)NC(=O)NC4CC4)o3)cc2C1. The van der Waals surface area contributed by atoms with Crippen LogP contribution in [0.15, 0.2) is 15.7 Å². The van der Waals surface area contributed by atoms with E-state index in [1.165, 1.54) is 16.9 Å². The summed E-state index contributed by atoms with van der Waals surface area (Å²) in [6, 6.07) is 1.92. The maximum absolute atomic E-state index is 11.8. The molecule has 2 heterocycles. The van der Waals surface area contributed by atoms with E-state index in [2.05, 4.69) is 33.8 Å². The highest BCUT2D eigenvalue weighted by Crippen LogP contribution is 2.37. The van der Waals surface area contributed by atoms with Crippen LogP contribution in [0.5, 0.6) is 0 Å². The summed E-state index contributed by atoms with van der Waals surface area (Å²) in [7, 11) is 0. The molecule has 1 fully saturated rings. The third kappa shape index (κ3) is 4.27. The van der Waals surface area contributed by atoms with Crippen LogP contribution in [-0.2, 0) is 17.6 Å². The number of urea groups is 1. The van der Waals surface area contributed by atoms with Gasteiger partial charge in [-0.25, -0.2) is 4.79 Å². The van der Waals surface area contributed by atoms with Crippen LogP contribution >= 0.6 is 23.1 Å². The molecular weight excluding hydrogens is 372 g/mol. The van der Waals surface area contributed by atoms with E-state index < -0.39 is 6.03 Å². The van der Waals surface area contributed by atoms with E-state index in [9.17, 15) is 9.59 Å². The lowest BCUT2D eigenvalue weighted by atomic mass is 9.90. The standard InChI is InChI=1S/C17H20N4O3S2/c1-9-2-5-12-10(6-9)7-13(26-12)15-20-21-17(24-15)25-8-14(22)19-16(23)18-11-3-4-11/h7,9,11H,2-6,8H2,1H3,(H2,18,19,22,23)/t9-/m1/s1. The maximum Gasteiger partial charge on any atom is 0.321 e. The van der Waals surface area contributed by atoms with Gasteiger partial charge in [-0.05, 0) is 49.7 Å². The van der Waals surface area contributed by atoms with Crippen LogP contribution in [0.4, 0.5) is 4.79 Å². The predicted molar refractivity (Wildman–Crippen MR) is 99.2 cm³/mol. The monoisotopic (exact) mass is 392 g/mol. The molecule has 2 aromatic heterocycles. The van der Waals surface area contributed by atoms with Gasteiger partial charge in [0.1, 0.15) is 0 Å². The van der Waals surface area contributed by atoms with Gasteiger partial charge in [0.2, 0.25) is 5.91 Å². The van der Waals surface area contributed by atoms with Crippen LogP contribution in [0.25, 0.3) is 10.8 Å². The average molecular weight is 393 g/mol. The van der Waals surface area contributed by atoms with Gasteiger partial charge in [-0.3, -0.25) is 10.1 Å². The third-order valence-electron chi connectivity index (χ3n) is 4.44. The van der Waals surface area contributed by atoms with Crippen LogP contribution in [0.3, 0.4) is 0 Å². The molecule has 1 saturated carbocycles. The highest BCUT2D eigenvalue weighted by molar-refractivity contribution is 7.99. The Labute approximate surface area is 159 Å². The largest absolute Gasteiger partial charge is 0.410 e. The maximum atomic E-state index is 11.8. The summed E-state index contributed by atoms with van der Waals surface area (Å²) in [5.41, 5.74) is 1.39. The van der Waals surface area contributed by atoms with Crippen molar-refractivity contribution >= 4 is 35.0 Å². The number of hydrogen-bond acceptors (Lipinski definition) is 7. The number of aryl methyl sites for hydroxylation is 1. The average Bonchev–Trinajstić information content (AvgIpc) is 3.12. The number of nitrogens with zero attached hydrogens (tertiary/aromatic N) is 2. The second-order valence-electron chi connectivity index (χ2n) is 6.86. The molecule has 9 heteroatoms. The summed E-state index contributed by atoms with van der Waals surface area (Å²) < 4.78 is 5.67. The van der Waals surface area contributed by atoms with Crippen molar-refractivity contribution in [1.82, 2.24) is 20.8 Å². The number of aromatic nitrogens is 2. The van der Waals surface area contributed by atoms with Gasteiger partial charge >= 0.3 is 6.03 Å². The van der Waals surface area contributed by atoms with Crippen molar-refractivity contribution in [1.29, 1.82) is 0 Å². The number of fused-ring (bicyclic) bond motifs is 1. The lowest BCUT2D eigenvalue weighted by molar-refractivity contribution is -0.117. The lowest BCUT2D eigenvalue weighted by Gasteiger charge is -2.16. The summed E-state index contributed by atoms with van der Waals surface area (Å²) in [6.45, 7) is 2.28. The van der Waals surface area contributed by atoms with Crippen molar-refractivity contribution in [2.45, 2.75) is 50.3 Å². The summed E-state index contributed by atoms with van der Waals surface area (Å²) >= 11 is 2.84. The minimum absolute atomic E-state index is 0.0537. The van der Waals surface area contributed by atoms with E-state index in [1.54, 1.807) is 11.3 Å². The summed E-state index contributed by atoms with van der Waals surface area (Å²) in [5.74, 6) is 0.882. The topological polar surface area (TPSA) is 97.1 Å².